The normalized spacial score (nSPS) is 9.00. The molecular weight excluding hydrogens is 150 g/mol. The summed E-state index contributed by atoms with van der Waals surface area (Å²) in [6.07, 6.45) is 0. The molecule has 0 aliphatic heterocycles. The van der Waals surface area contributed by atoms with Gasteiger partial charge in [0.2, 0.25) is 5.91 Å². The van der Waals surface area contributed by atoms with Crippen molar-refractivity contribution >= 4 is 22.8 Å². The summed E-state index contributed by atoms with van der Waals surface area (Å²) in [4.78, 5) is 12.3. The van der Waals surface area contributed by atoms with Crippen LogP contribution in [0.3, 0.4) is 0 Å². The van der Waals surface area contributed by atoms with Crippen LogP contribution in [0.5, 0.6) is 0 Å². The second-order valence-corrected chi connectivity index (χ2v) is 2.96. The Morgan fingerprint density at radius 2 is 2.20 bits per heavy atom. The Morgan fingerprint density at radius 1 is 1.70 bits per heavy atom. The molecule has 0 radical (unpaired) electrons. The van der Waals surface area contributed by atoms with Gasteiger partial charge in [-0.2, -0.15) is 0 Å². The van der Waals surface area contributed by atoms with Gasteiger partial charge in [-0.3, -0.25) is 10.2 Å². The van der Waals surface area contributed by atoms with Crippen molar-refractivity contribution < 1.29 is 4.79 Å². The van der Waals surface area contributed by atoms with Crippen molar-refractivity contribution in [2.24, 2.45) is 5.73 Å². The fourth-order valence-corrected chi connectivity index (χ4v) is 0.806. The van der Waals surface area contributed by atoms with Gasteiger partial charge < -0.3 is 10.6 Å². The van der Waals surface area contributed by atoms with Gasteiger partial charge in [0, 0.05) is 14.1 Å². The molecule has 0 aliphatic rings. The first-order chi connectivity index (χ1) is 4.54. The van der Waals surface area contributed by atoms with Crippen molar-refractivity contribution in [1.29, 1.82) is 5.41 Å². The van der Waals surface area contributed by atoms with E-state index in [9.17, 15) is 4.79 Å². The maximum Gasteiger partial charge on any atom is 0.232 e. The molecule has 10 heavy (non-hydrogen) atoms. The van der Waals surface area contributed by atoms with E-state index in [1.807, 2.05) is 0 Å². The first kappa shape index (κ1) is 9.29. The molecule has 0 saturated heterocycles. The second-order valence-electron chi connectivity index (χ2n) is 1.94. The van der Waals surface area contributed by atoms with E-state index in [4.69, 9.17) is 11.1 Å². The van der Waals surface area contributed by atoms with E-state index in [-0.39, 0.29) is 16.8 Å². The predicted molar refractivity (Wildman–Crippen MR) is 43.1 cm³/mol. The molecule has 0 rings (SSSR count). The molecule has 5 heteroatoms. The first-order valence-corrected chi connectivity index (χ1v) is 3.69. The number of nitrogens with zero attached hydrogens (tertiary/aromatic N) is 1. The number of amides is 1. The van der Waals surface area contributed by atoms with Crippen LogP contribution in [0.15, 0.2) is 0 Å². The van der Waals surface area contributed by atoms with Crippen LogP contribution in [0.25, 0.3) is 0 Å². The van der Waals surface area contributed by atoms with Gasteiger partial charge in [-0.15, -0.1) is 0 Å². The monoisotopic (exact) mass is 161 g/mol. The Hall–Kier alpha value is -0.710. The van der Waals surface area contributed by atoms with Crippen LogP contribution >= 0.6 is 11.8 Å². The van der Waals surface area contributed by atoms with Crippen molar-refractivity contribution in [2.45, 2.75) is 0 Å². The highest BCUT2D eigenvalue weighted by Crippen LogP contribution is 1.98. The lowest BCUT2D eigenvalue weighted by Crippen LogP contribution is -2.24. The lowest BCUT2D eigenvalue weighted by atomic mass is 10.6. The van der Waals surface area contributed by atoms with Crippen molar-refractivity contribution in [3.8, 4) is 0 Å². The lowest BCUT2D eigenvalue weighted by molar-refractivity contribution is -0.125. The molecule has 1 amide bonds. The molecule has 0 heterocycles. The van der Waals surface area contributed by atoms with Crippen LogP contribution in [-0.4, -0.2) is 35.8 Å². The maximum absolute atomic E-state index is 10.8. The molecule has 0 unspecified atom stereocenters. The van der Waals surface area contributed by atoms with Crippen molar-refractivity contribution in [1.82, 2.24) is 4.90 Å². The topological polar surface area (TPSA) is 70.2 Å². The van der Waals surface area contributed by atoms with E-state index in [0.717, 1.165) is 11.8 Å². The van der Waals surface area contributed by atoms with Crippen molar-refractivity contribution in [3.63, 3.8) is 0 Å². The number of carbonyl (C=O) groups excluding carboxylic acids is 1. The molecule has 4 nitrogen and oxygen atoms in total. The molecule has 0 aromatic rings. The van der Waals surface area contributed by atoms with Crippen molar-refractivity contribution in [2.75, 3.05) is 19.8 Å². The van der Waals surface area contributed by atoms with Gasteiger partial charge in [0.25, 0.3) is 0 Å². The Bertz CT molecular complexity index is 146. The minimum atomic E-state index is -0.0276. The van der Waals surface area contributed by atoms with Gasteiger partial charge in [0.15, 0.2) is 5.17 Å². The zero-order valence-corrected chi connectivity index (χ0v) is 6.86. The fraction of sp³-hybridized carbons (Fsp3) is 0.600. The standard InChI is InChI=1S/C5H11N3OS/c1-8(2)4(9)3-10-5(6)7/h3H2,1-2H3,(H3,6,7). The number of nitrogens with two attached hydrogens (primary N) is 1. The van der Waals surface area contributed by atoms with E-state index in [2.05, 4.69) is 0 Å². The molecule has 3 N–H and O–H groups in total. The van der Waals surface area contributed by atoms with Gasteiger partial charge >= 0.3 is 0 Å². The molecule has 0 aliphatic carbocycles. The van der Waals surface area contributed by atoms with Crippen LogP contribution in [0, 0.1) is 5.41 Å². The highest BCUT2D eigenvalue weighted by Gasteiger charge is 2.03. The van der Waals surface area contributed by atoms with E-state index < -0.39 is 0 Å². The zero-order valence-electron chi connectivity index (χ0n) is 6.05. The predicted octanol–water partition coefficient (Wildman–Crippen LogP) is -0.299. The van der Waals surface area contributed by atoms with Crippen LogP contribution in [0.4, 0.5) is 0 Å². The number of amidine groups is 1. The number of thioether (sulfide) groups is 1. The Balaban J connectivity index is 3.50. The summed E-state index contributed by atoms with van der Waals surface area (Å²) in [5.74, 6) is 0.225. The largest absolute Gasteiger partial charge is 0.379 e. The molecule has 0 aromatic carbocycles. The average Bonchev–Trinajstić information content (AvgIpc) is 1.82. The summed E-state index contributed by atoms with van der Waals surface area (Å²) in [6.45, 7) is 0. The Kier molecular flexibility index (Phi) is 3.87. The maximum atomic E-state index is 10.8. The number of carbonyl (C=O) groups is 1. The molecule has 58 valence electrons. The zero-order chi connectivity index (χ0) is 8.15. The Labute approximate surface area is 64.3 Å². The number of nitrogens with one attached hydrogen (secondary N) is 1. The third-order valence-corrected chi connectivity index (χ3v) is 1.55. The van der Waals surface area contributed by atoms with E-state index >= 15 is 0 Å². The van der Waals surface area contributed by atoms with Crippen LogP contribution < -0.4 is 5.73 Å². The SMILES string of the molecule is CN(C)C(=O)CSC(=N)N. The molecule has 0 atom stereocenters. The summed E-state index contributed by atoms with van der Waals surface area (Å²) in [5, 5.41) is 6.78. The number of rotatable bonds is 2. The average molecular weight is 161 g/mol. The molecular formula is C5H11N3OS. The molecule has 0 aromatic heterocycles. The van der Waals surface area contributed by atoms with E-state index in [1.165, 1.54) is 4.90 Å². The van der Waals surface area contributed by atoms with Gasteiger partial charge in [0.1, 0.15) is 0 Å². The van der Waals surface area contributed by atoms with Crippen LogP contribution in [0.2, 0.25) is 0 Å². The lowest BCUT2D eigenvalue weighted by Gasteiger charge is -2.08. The van der Waals surface area contributed by atoms with E-state index in [1.54, 1.807) is 14.1 Å². The summed E-state index contributed by atoms with van der Waals surface area (Å²) in [5.41, 5.74) is 5.02. The molecule has 0 spiro atoms. The van der Waals surface area contributed by atoms with Crippen LogP contribution in [0.1, 0.15) is 0 Å². The Morgan fingerprint density at radius 3 is 2.50 bits per heavy atom. The van der Waals surface area contributed by atoms with Gasteiger partial charge in [-0.1, -0.05) is 11.8 Å². The van der Waals surface area contributed by atoms with E-state index in [0.29, 0.717) is 0 Å². The van der Waals surface area contributed by atoms with Gasteiger partial charge in [-0.05, 0) is 0 Å². The van der Waals surface area contributed by atoms with Crippen molar-refractivity contribution in [3.05, 3.63) is 0 Å². The molecule has 0 saturated carbocycles. The fourth-order valence-electron chi connectivity index (χ4n) is 0.269. The minimum absolute atomic E-state index is 0.0183. The molecule has 0 fully saturated rings. The highest BCUT2D eigenvalue weighted by atomic mass is 32.2. The highest BCUT2D eigenvalue weighted by molar-refractivity contribution is 8.14. The summed E-state index contributed by atoms with van der Waals surface area (Å²) >= 11 is 1.04. The van der Waals surface area contributed by atoms with Crippen LogP contribution in [-0.2, 0) is 4.79 Å². The number of hydrogen-bond acceptors (Lipinski definition) is 3. The summed E-state index contributed by atoms with van der Waals surface area (Å²) in [7, 11) is 3.34. The number of hydrogen-bond donors (Lipinski definition) is 2. The quantitative estimate of drug-likeness (QED) is 0.431. The summed E-state index contributed by atoms with van der Waals surface area (Å²) in [6, 6.07) is 0. The minimum Gasteiger partial charge on any atom is -0.379 e. The van der Waals surface area contributed by atoms with Gasteiger partial charge in [0.05, 0.1) is 5.75 Å². The second kappa shape index (κ2) is 4.16. The third kappa shape index (κ3) is 4.20. The molecule has 0 bridgehead atoms. The first-order valence-electron chi connectivity index (χ1n) is 2.71. The third-order valence-electron chi connectivity index (χ3n) is 0.850. The smallest absolute Gasteiger partial charge is 0.232 e. The summed E-state index contributed by atoms with van der Waals surface area (Å²) < 4.78 is 0. The van der Waals surface area contributed by atoms with Gasteiger partial charge in [-0.25, -0.2) is 0 Å².